The van der Waals surface area contributed by atoms with Gasteiger partial charge in [0.1, 0.15) is 11.4 Å². The fourth-order valence-corrected chi connectivity index (χ4v) is 3.34. The Hall–Kier alpha value is -4.72. The van der Waals surface area contributed by atoms with Gasteiger partial charge in [0, 0.05) is 23.5 Å². The third kappa shape index (κ3) is 4.54. The molecule has 0 atom stereocenters. The number of hydrogen-bond donors (Lipinski definition) is 2. The van der Waals surface area contributed by atoms with Crippen LogP contribution in [0.1, 0.15) is 0 Å². The van der Waals surface area contributed by atoms with Crippen molar-refractivity contribution in [1.29, 1.82) is 0 Å². The summed E-state index contributed by atoms with van der Waals surface area (Å²) in [7, 11) is 0. The Bertz CT molecular complexity index is 1210. The van der Waals surface area contributed by atoms with Gasteiger partial charge in [0.2, 0.25) is 0 Å². The topological polar surface area (TPSA) is 110 Å². The molecule has 2 N–H and O–H groups in total. The van der Waals surface area contributed by atoms with E-state index < -0.39 is 9.85 Å². The molecule has 0 spiro atoms. The number of nitrogens with one attached hydrogen (secondary N) is 2. The van der Waals surface area contributed by atoms with Crippen LogP contribution in [0.4, 0.5) is 34.1 Å². The van der Waals surface area contributed by atoms with Crippen molar-refractivity contribution in [3.05, 3.63) is 117 Å². The highest BCUT2D eigenvalue weighted by molar-refractivity contribution is 5.77. The number of hydrogen-bond acceptors (Lipinski definition) is 6. The van der Waals surface area contributed by atoms with Crippen molar-refractivity contribution in [3.63, 3.8) is 0 Å². The average Bonchev–Trinajstić information content (AvgIpc) is 2.80. The second kappa shape index (κ2) is 8.97. The van der Waals surface area contributed by atoms with Gasteiger partial charge >= 0.3 is 0 Å². The molecule has 4 rings (SSSR count). The Morgan fingerprint density at radius 1 is 0.531 bits per heavy atom. The van der Waals surface area contributed by atoms with Gasteiger partial charge in [0.25, 0.3) is 11.4 Å². The quantitative estimate of drug-likeness (QED) is 0.253. The Morgan fingerprint density at radius 2 is 0.938 bits per heavy atom. The Morgan fingerprint density at radius 3 is 1.34 bits per heavy atom. The molecule has 0 aliphatic carbocycles. The Balaban J connectivity index is 1.61. The minimum absolute atomic E-state index is 0.00597. The number of rotatable bonds is 7. The van der Waals surface area contributed by atoms with Crippen molar-refractivity contribution in [2.45, 2.75) is 0 Å². The van der Waals surface area contributed by atoms with E-state index in [0.717, 1.165) is 11.1 Å². The molecule has 4 aromatic rings. The monoisotopic (exact) mass is 426 g/mol. The van der Waals surface area contributed by atoms with Crippen LogP contribution in [0.2, 0.25) is 0 Å². The zero-order chi connectivity index (χ0) is 22.5. The third-order valence-electron chi connectivity index (χ3n) is 4.82. The molecule has 0 aliphatic heterocycles. The van der Waals surface area contributed by atoms with Gasteiger partial charge in [-0.1, -0.05) is 48.5 Å². The lowest BCUT2D eigenvalue weighted by atomic mass is 10.0. The summed E-state index contributed by atoms with van der Waals surface area (Å²) in [4.78, 5) is 21.7. The second-order valence-electron chi connectivity index (χ2n) is 6.96. The first-order chi connectivity index (χ1) is 15.5. The lowest BCUT2D eigenvalue weighted by molar-refractivity contribution is -0.384. The van der Waals surface area contributed by atoms with Crippen LogP contribution in [-0.4, -0.2) is 9.85 Å². The summed E-state index contributed by atoms with van der Waals surface area (Å²) in [5.74, 6) is 0. The van der Waals surface area contributed by atoms with Gasteiger partial charge in [-0.05, 0) is 47.5 Å². The predicted octanol–water partition coefficient (Wildman–Crippen LogP) is 6.66. The highest BCUT2D eigenvalue weighted by atomic mass is 16.6. The first-order valence-electron chi connectivity index (χ1n) is 9.72. The van der Waals surface area contributed by atoms with E-state index in [1.807, 2.05) is 48.5 Å². The fourth-order valence-electron chi connectivity index (χ4n) is 3.34. The molecule has 32 heavy (non-hydrogen) atoms. The highest BCUT2D eigenvalue weighted by Gasteiger charge is 2.14. The van der Waals surface area contributed by atoms with Gasteiger partial charge < -0.3 is 10.6 Å². The van der Waals surface area contributed by atoms with Crippen molar-refractivity contribution in [2.75, 3.05) is 10.6 Å². The molecule has 0 saturated carbocycles. The number of para-hydroxylation sites is 4. The first kappa shape index (κ1) is 20.5. The van der Waals surface area contributed by atoms with Gasteiger partial charge in [-0.15, -0.1) is 0 Å². The van der Waals surface area contributed by atoms with E-state index in [1.165, 1.54) is 12.1 Å². The molecule has 0 bridgehead atoms. The number of nitro benzene ring substituents is 2. The minimum Gasteiger partial charge on any atom is -0.350 e. The fraction of sp³-hybridized carbons (Fsp3) is 0. The number of benzene rings is 4. The van der Waals surface area contributed by atoms with E-state index in [2.05, 4.69) is 10.6 Å². The summed E-state index contributed by atoms with van der Waals surface area (Å²) in [5.41, 5.74) is 3.98. The van der Waals surface area contributed by atoms with Gasteiger partial charge in [0.05, 0.1) is 9.85 Å². The van der Waals surface area contributed by atoms with Crippen LogP contribution < -0.4 is 10.6 Å². The summed E-state index contributed by atoms with van der Waals surface area (Å²) in [6.07, 6.45) is 0. The molecular formula is C24H18N4O4. The molecule has 4 aromatic carbocycles. The minimum atomic E-state index is -0.426. The Labute approximate surface area is 183 Å². The van der Waals surface area contributed by atoms with Crippen LogP contribution in [0.15, 0.2) is 97.1 Å². The predicted molar refractivity (Wildman–Crippen MR) is 125 cm³/mol. The third-order valence-corrected chi connectivity index (χ3v) is 4.82. The lowest BCUT2D eigenvalue weighted by Crippen LogP contribution is -1.97. The highest BCUT2D eigenvalue weighted by Crippen LogP contribution is 2.32. The van der Waals surface area contributed by atoms with Gasteiger partial charge in [-0.3, -0.25) is 20.2 Å². The molecule has 0 fully saturated rings. The van der Waals surface area contributed by atoms with Gasteiger partial charge in [-0.2, -0.15) is 0 Å². The molecule has 0 saturated heterocycles. The molecule has 0 aromatic heterocycles. The maximum atomic E-state index is 11.3. The van der Waals surface area contributed by atoms with Crippen molar-refractivity contribution >= 4 is 34.1 Å². The maximum Gasteiger partial charge on any atom is 0.292 e. The average molecular weight is 426 g/mol. The molecule has 0 unspecified atom stereocenters. The van der Waals surface area contributed by atoms with Gasteiger partial charge in [-0.25, -0.2) is 0 Å². The molecule has 0 amide bonds. The van der Waals surface area contributed by atoms with Crippen LogP contribution in [0, 0.1) is 20.2 Å². The van der Waals surface area contributed by atoms with Crippen LogP contribution in [0.5, 0.6) is 0 Å². The van der Waals surface area contributed by atoms with E-state index in [0.29, 0.717) is 22.7 Å². The van der Waals surface area contributed by atoms with Crippen molar-refractivity contribution in [1.82, 2.24) is 0 Å². The normalized spacial score (nSPS) is 10.4. The van der Waals surface area contributed by atoms with Crippen LogP contribution in [0.3, 0.4) is 0 Å². The molecular weight excluding hydrogens is 408 g/mol. The molecule has 8 heteroatoms. The van der Waals surface area contributed by atoms with E-state index in [1.54, 1.807) is 36.4 Å². The van der Waals surface area contributed by atoms with Crippen LogP contribution in [-0.2, 0) is 0 Å². The Kier molecular flexibility index (Phi) is 5.76. The number of nitrogens with zero attached hydrogens (tertiary/aromatic N) is 2. The smallest absolute Gasteiger partial charge is 0.292 e. The van der Waals surface area contributed by atoms with E-state index >= 15 is 0 Å². The number of nitro groups is 2. The van der Waals surface area contributed by atoms with Gasteiger partial charge in [0.15, 0.2) is 0 Å². The van der Waals surface area contributed by atoms with Crippen LogP contribution in [0.25, 0.3) is 11.1 Å². The van der Waals surface area contributed by atoms with E-state index in [9.17, 15) is 20.2 Å². The van der Waals surface area contributed by atoms with Crippen molar-refractivity contribution in [2.24, 2.45) is 0 Å². The summed E-state index contributed by atoms with van der Waals surface area (Å²) in [5, 5.41) is 28.8. The lowest BCUT2D eigenvalue weighted by Gasteiger charge is -2.11. The first-order valence-corrected chi connectivity index (χ1v) is 9.72. The summed E-state index contributed by atoms with van der Waals surface area (Å²) >= 11 is 0. The standard InChI is InChI=1S/C24H18N4O4/c29-27(30)23-13-3-1-11-21(23)25-19-9-5-7-17(15-19)18-8-6-10-20(16-18)26-22-12-2-4-14-24(22)28(31)32/h1-16,25-26H. The SMILES string of the molecule is O=[N+]([O-])c1ccccc1Nc1cccc(-c2cccc(Nc3ccccc3[N+](=O)[O-])c2)c1. The molecule has 158 valence electrons. The maximum absolute atomic E-state index is 11.3. The summed E-state index contributed by atoms with van der Waals surface area (Å²) in [6, 6.07) is 27.9. The van der Waals surface area contributed by atoms with E-state index in [4.69, 9.17) is 0 Å². The van der Waals surface area contributed by atoms with Crippen LogP contribution >= 0.6 is 0 Å². The largest absolute Gasteiger partial charge is 0.350 e. The number of anilines is 4. The summed E-state index contributed by atoms with van der Waals surface area (Å²) in [6.45, 7) is 0. The second-order valence-corrected chi connectivity index (χ2v) is 6.96. The zero-order valence-corrected chi connectivity index (χ0v) is 16.8. The summed E-state index contributed by atoms with van der Waals surface area (Å²) < 4.78 is 0. The molecule has 0 radical (unpaired) electrons. The molecule has 0 heterocycles. The zero-order valence-electron chi connectivity index (χ0n) is 16.8. The van der Waals surface area contributed by atoms with Crippen molar-refractivity contribution < 1.29 is 9.85 Å². The molecule has 8 nitrogen and oxygen atoms in total. The van der Waals surface area contributed by atoms with E-state index in [-0.39, 0.29) is 11.4 Å². The van der Waals surface area contributed by atoms with Crippen molar-refractivity contribution in [3.8, 4) is 11.1 Å². The molecule has 0 aliphatic rings.